The Kier molecular flexibility index (Phi) is 6.89. The summed E-state index contributed by atoms with van der Waals surface area (Å²) in [6.45, 7) is 8.41. The van der Waals surface area contributed by atoms with Crippen molar-refractivity contribution in [2.75, 3.05) is 0 Å². The molecule has 0 amide bonds. The highest BCUT2D eigenvalue weighted by Gasteiger charge is 2.27. The zero-order valence-corrected chi connectivity index (χ0v) is 14.7. The summed E-state index contributed by atoms with van der Waals surface area (Å²) in [4.78, 5) is 0. The largest absolute Gasteiger partial charge is 0.508 e. The lowest BCUT2D eigenvalue weighted by Crippen LogP contribution is -2.31. The van der Waals surface area contributed by atoms with Crippen LogP contribution in [0, 0.1) is 0 Å². The standard InChI is InChI=1S/C20H27BO3/c1-4-5-16(3)19-12-13-21(23)24-20(19)11-6-15(2)14-17-7-9-18(22)10-8-17/h7-10,12,14,20,22-23H,3-6,11,13H2,1-2H3/b15-14+. The molecule has 0 radical (unpaired) electrons. The molecule has 2 rings (SSSR count). The van der Waals surface area contributed by atoms with Crippen LogP contribution in [0.15, 0.2) is 53.6 Å². The molecule has 1 aromatic carbocycles. The maximum absolute atomic E-state index is 9.80. The number of phenols is 1. The zero-order chi connectivity index (χ0) is 17.5. The van der Waals surface area contributed by atoms with E-state index >= 15 is 0 Å². The predicted octanol–water partition coefficient (Wildman–Crippen LogP) is 4.74. The molecule has 0 bridgehead atoms. The molecule has 1 heterocycles. The molecule has 1 aliphatic rings. The Hall–Kier alpha value is -1.78. The molecule has 4 heteroatoms. The molecule has 1 unspecified atom stereocenters. The van der Waals surface area contributed by atoms with E-state index in [0.717, 1.165) is 42.4 Å². The number of hydrogen-bond donors (Lipinski definition) is 2. The lowest BCUT2D eigenvalue weighted by Gasteiger charge is -2.28. The molecular formula is C20H27BO3. The topological polar surface area (TPSA) is 49.7 Å². The smallest absolute Gasteiger partial charge is 0.458 e. The highest BCUT2D eigenvalue weighted by molar-refractivity contribution is 6.43. The van der Waals surface area contributed by atoms with Gasteiger partial charge >= 0.3 is 7.12 Å². The van der Waals surface area contributed by atoms with Gasteiger partial charge in [-0.05, 0) is 55.0 Å². The second-order valence-corrected chi connectivity index (χ2v) is 6.45. The minimum atomic E-state index is -0.713. The van der Waals surface area contributed by atoms with Gasteiger partial charge in [0.1, 0.15) is 5.75 Å². The lowest BCUT2D eigenvalue weighted by molar-refractivity contribution is 0.183. The van der Waals surface area contributed by atoms with Crippen LogP contribution in [0.3, 0.4) is 0 Å². The fraction of sp³-hybridized carbons (Fsp3) is 0.400. The summed E-state index contributed by atoms with van der Waals surface area (Å²) in [6.07, 6.45) is 8.38. The summed E-state index contributed by atoms with van der Waals surface area (Å²) >= 11 is 0. The molecule has 0 aromatic heterocycles. The van der Waals surface area contributed by atoms with Crippen molar-refractivity contribution in [1.82, 2.24) is 0 Å². The van der Waals surface area contributed by atoms with Crippen LogP contribution >= 0.6 is 0 Å². The molecule has 128 valence electrons. The third kappa shape index (κ3) is 5.39. The van der Waals surface area contributed by atoms with Gasteiger partial charge in [0.15, 0.2) is 0 Å². The molecule has 1 aromatic rings. The van der Waals surface area contributed by atoms with Gasteiger partial charge in [0, 0.05) is 6.32 Å². The molecule has 0 fully saturated rings. The first-order chi connectivity index (χ1) is 11.5. The number of hydrogen-bond acceptors (Lipinski definition) is 3. The molecule has 0 saturated carbocycles. The maximum atomic E-state index is 9.80. The third-order valence-corrected chi connectivity index (χ3v) is 4.27. The first kappa shape index (κ1) is 18.6. The normalized spacial score (nSPS) is 18.5. The number of allylic oxidation sites excluding steroid dienone is 2. The maximum Gasteiger partial charge on any atom is 0.458 e. The molecule has 24 heavy (non-hydrogen) atoms. The van der Waals surface area contributed by atoms with E-state index in [4.69, 9.17) is 4.65 Å². The molecular weight excluding hydrogens is 299 g/mol. The molecule has 0 spiro atoms. The van der Waals surface area contributed by atoms with Gasteiger partial charge in [-0.15, -0.1) is 0 Å². The fourth-order valence-corrected chi connectivity index (χ4v) is 3.01. The Morgan fingerprint density at radius 3 is 2.71 bits per heavy atom. The Morgan fingerprint density at radius 2 is 2.04 bits per heavy atom. The molecule has 1 aliphatic heterocycles. The van der Waals surface area contributed by atoms with Gasteiger partial charge in [0.25, 0.3) is 0 Å². The van der Waals surface area contributed by atoms with Crippen LogP contribution in [0.25, 0.3) is 6.08 Å². The Bertz CT molecular complexity index is 616. The summed E-state index contributed by atoms with van der Waals surface area (Å²) in [5.41, 5.74) is 4.58. The first-order valence-electron chi connectivity index (χ1n) is 8.67. The Morgan fingerprint density at radius 1 is 1.33 bits per heavy atom. The van der Waals surface area contributed by atoms with E-state index in [1.54, 1.807) is 12.1 Å². The number of phenolic OH excluding ortho intramolecular Hbond substituents is 1. The van der Waals surface area contributed by atoms with Crippen LogP contribution in [0.4, 0.5) is 0 Å². The van der Waals surface area contributed by atoms with Crippen LogP contribution in [0.1, 0.15) is 45.1 Å². The zero-order valence-electron chi connectivity index (χ0n) is 14.7. The van der Waals surface area contributed by atoms with E-state index in [9.17, 15) is 10.1 Å². The van der Waals surface area contributed by atoms with E-state index in [-0.39, 0.29) is 11.9 Å². The Balaban J connectivity index is 1.99. The van der Waals surface area contributed by atoms with Gasteiger partial charge in [0.2, 0.25) is 0 Å². The lowest BCUT2D eigenvalue weighted by atomic mass is 9.77. The van der Waals surface area contributed by atoms with E-state index in [0.29, 0.717) is 6.32 Å². The predicted molar refractivity (Wildman–Crippen MR) is 101 cm³/mol. The molecule has 0 aliphatic carbocycles. The highest BCUT2D eigenvalue weighted by Crippen LogP contribution is 2.29. The molecule has 0 saturated heterocycles. The van der Waals surface area contributed by atoms with Crippen LogP contribution in [-0.4, -0.2) is 23.4 Å². The second-order valence-electron chi connectivity index (χ2n) is 6.45. The SMILES string of the molecule is C=C(CCC)C1=CCB(O)OC1CC/C(C)=C/c1ccc(O)cc1. The molecule has 3 nitrogen and oxygen atoms in total. The molecule has 2 N–H and O–H groups in total. The highest BCUT2D eigenvalue weighted by atomic mass is 16.5. The number of aromatic hydroxyl groups is 1. The first-order valence-corrected chi connectivity index (χ1v) is 8.67. The second kappa shape index (κ2) is 8.90. The van der Waals surface area contributed by atoms with Crippen molar-refractivity contribution < 1.29 is 14.8 Å². The summed E-state index contributed by atoms with van der Waals surface area (Å²) < 4.78 is 5.75. The summed E-state index contributed by atoms with van der Waals surface area (Å²) in [5.74, 6) is 0.276. The Labute approximate surface area is 145 Å². The van der Waals surface area contributed by atoms with Crippen molar-refractivity contribution in [3.63, 3.8) is 0 Å². The van der Waals surface area contributed by atoms with Gasteiger partial charge in [-0.3, -0.25) is 0 Å². The average Bonchev–Trinajstić information content (AvgIpc) is 2.55. The van der Waals surface area contributed by atoms with Crippen LogP contribution < -0.4 is 0 Å². The van der Waals surface area contributed by atoms with Crippen LogP contribution in [0.2, 0.25) is 6.32 Å². The van der Waals surface area contributed by atoms with E-state index < -0.39 is 7.12 Å². The summed E-state index contributed by atoms with van der Waals surface area (Å²) in [6, 6.07) is 7.17. The average molecular weight is 326 g/mol. The third-order valence-electron chi connectivity index (χ3n) is 4.27. The van der Waals surface area contributed by atoms with Crippen molar-refractivity contribution >= 4 is 13.2 Å². The van der Waals surface area contributed by atoms with Crippen LogP contribution in [0.5, 0.6) is 5.75 Å². The molecule has 1 atom stereocenters. The van der Waals surface area contributed by atoms with Crippen molar-refractivity contribution in [2.24, 2.45) is 0 Å². The monoisotopic (exact) mass is 326 g/mol. The minimum absolute atomic E-state index is 0.0871. The number of rotatable bonds is 7. The van der Waals surface area contributed by atoms with Gasteiger partial charge in [0.05, 0.1) is 6.10 Å². The van der Waals surface area contributed by atoms with E-state index in [1.807, 2.05) is 12.1 Å². The van der Waals surface area contributed by atoms with E-state index in [2.05, 4.69) is 32.6 Å². The van der Waals surface area contributed by atoms with E-state index in [1.165, 1.54) is 5.57 Å². The van der Waals surface area contributed by atoms with Gasteiger partial charge in [-0.1, -0.05) is 49.8 Å². The van der Waals surface area contributed by atoms with Crippen molar-refractivity contribution in [3.05, 3.63) is 59.2 Å². The number of benzene rings is 1. The summed E-state index contributed by atoms with van der Waals surface area (Å²) in [5, 5.41) is 19.1. The summed E-state index contributed by atoms with van der Waals surface area (Å²) in [7, 11) is -0.713. The fourth-order valence-electron chi connectivity index (χ4n) is 3.01. The van der Waals surface area contributed by atoms with Crippen molar-refractivity contribution in [1.29, 1.82) is 0 Å². The minimum Gasteiger partial charge on any atom is -0.508 e. The van der Waals surface area contributed by atoms with Crippen molar-refractivity contribution in [2.45, 2.75) is 52.0 Å². The quantitative estimate of drug-likeness (QED) is 0.712. The van der Waals surface area contributed by atoms with Gasteiger partial charge in [-0.25, -0.2) is 0 Å². The van der Waals surface area contributed by atoms with Crippen LogP contribution in [-0.2, 0) is 4.65 Å². The van der Waals surface area contributed by atoms with Crippen molar-refractivity contribution in [3.8, 4) is 5.75 Å². The van der Waals surface area contributed by atoms with Gasteiger partial charge < -0.3 is 14.8 Å². The van der Waals surface area contributed by atoms with Gasteiger partial charge in [-0.2, -0.15) is 0 Å².